The molecule has 0 radical (unpaired) electrons. The van der Waals surface area contributed by atoms with Gasteiger partial charge in [0.25, 0.3) is 0 Å². The molecule has 0 aromatic heterocycles. The number of nitrogens with one attached hydrogen (secondary N) is 2. The second-order valence-corrected chi connectivity index (χ2v) is 5.05. The Morgan fingerprint density at radius 3 is 2.38 bits per heavy atom. The van der Waals surface area contributed by atoms with E-state index in [2.05, 4.69) is 10.6 Å². The van der Waals surface area contributed by atoms with Crippen LogP contribution in [0, 0.1) is 0 Å². The Labute approximate surface area is 130 Å². The number of carbonyl (C=O) groups is 3. The maximum atomic E-state index is 11.7. The SMILES string of the molecule is CN(C)C(=O)CNC(=O)Nc1c(Cl)cc(Cl)cc1C(=O)O. The van der Waals surface area contributed by atoms with Crippen LogP contribution in [0.1, 0.15) is 10.4 Å². The number of halogens is 2. The van der Waals surface area contributed by atoms with Crippen molar-refractivity contribution in [2.45, 2.75) is 0 Å². The second-order valence-electron chi connectivity index (χ2n) is 4.21. The minimum Gasteiger partial charge on any atom is -0.478 e. The van der Waals surface area contributed by atoms with E-state index in [1.165, 1.54) is 11.0 Å². The van der Waals surface area contributed by atoms with Gasteiger partial charge in [0.05, 0.1) is 22.8 Å². The van der Waals surface area contributed by atoms with Gasteiger partial charge in [-0.1, -0.05) is 23.2 Å². The van der Waals surface area contributed by atoms with Crippen molar-refractivity contribution in [3.8, 4) is 0 Å². The van der Waals surface area contributed by atoms with Crippen LogP contribution in [-0.2, 0) is 4.79 Å². The third-order valence-corrected chi connectivity index (χ3v) is 2.94. The lowest BCUT2D eigenvalue weighted by Gasteiger charge is -2.13. The van der Waals surface area contributed by atoms with E-state index in [0.29, 0.717) is 0 Å². The third-order valence-electron chi connectivity index (χ3n) is 2.42. The summed E-state index contributed by atoms with van der Waals surface area (Å²) >= 11 is 11.6. The highest BCUT2D eigenvalue weighted by Crippen LogP contribution is 2.30. The summed E-state index contributed by atoms with van der Waals surface area (Å²) in [6.07, 6.45) is 0. The molecule has 7 nitrogen and oxygen atoms in total. The molecule has 0 saturated carbocycles. The highest BCUT2D eigenvalue weighted by Gasteiger charge is 2.17. The monoisotopic (exact) mass is 333 g/mol. The fraction of sp³-hybridized carbons (Fsp3) is 0.250. The molecule has 0 atom stereocenters. The van der Waals surface area contributed by atoms with Crippen LogP contribution in [0.15, 0.2) is 12.1 Å². The number of benzene rings is 1. The smallest absolute Gasteiger partial charge is 0.337 e. The first-order valence-electron chi connectivity index (χ1n) is 5.69. The zero-order chi connectivity index (χ0) is 16.2. The standard InChI is InChI=1S/C12H13Cl2N3O4/c1-17(2)9(18)5-15-12(21)16-10-7(11(19)20)3-6(13)4-8(10)14/h3-4H,5H2,1-2H3,(H,19,20)(H2,15,16,21). The topological polar surface area (TPSA) is 98.7 Å². The number of carboxylic acid groups (broad SMARTS) is 1. The quantitative estimate of drug-likeness (QED) is 0.783. The van der Waals surface area contributed by atoms with Gasteiger partial charge in [0.1, 0.15) is 0 Å². The first-order valence-corrected chi connectivity index (χ1v) is 6.45. The Morgan fingerprint density at radius 1 is 1.24 bits per heavy atom. The van der Waals surface area contributed by atoms with Gasteiger partial charge in [-0.15, -0.1) is 0 Å². The molecule has 1 aromatic rings. The summed E-state index contributed by atoms with van der Waals surface area (Å²) in [5.74, 6) is -1.61. The number of hydrogen-bond acceptors (Lipinski definition) is 3. The molecular weight excluding hydrogens is 321 g/mol. The number of anilines is 1. The summed E-state index contributed by atoms with van der Waals surface area (Å²) in [6, 6.07) is 1.71. The Bertz CT molecular complexity index is 590. The van der Waals surface area contributed by atoms with Gasteiger partial charge in [-0.2, -0.15) is 0 Å². The lowest BCUT2D eigenvalue weighted by Crippen LogP contribution is -2.38. The molecule has 9 heteroatoms. The summed E-state index contributed by atoms with van der Waals surface area (Å²) < 4.78 is 0. The van der Waals surface area contributed by atoms with Crippen LogP contribution >= 0.6 is 23.2 Å². The maximum Gasteiger partial charge on any atom is 0.337 e. The Morgan fingerprint density at radius 2 is 1.86 bits per heavy atom. The van der Waals surface area contributed by atoms with Gasteiger partial charge in [-0.05, 0) is 12.1 Å². The van der Waals surface area contributed by atoms with Crippen LogP contribution in [0.4, 0.5) is 10.5 Å². The van der Waals surface area contributed by atoms with Crippen LogP contribution in [0.5, 0.6) is 0 Å². The number of carboxylic acids is 1. The van der Waals surface area contributed by atoms with Crippen molar-refractivity contribution < 1.29 is 19.5 Å². The van der Waals surface area contributed by atoms with Crippen molar-refractivity contribution in [3.05, 3.63) is 27.7 Å². The number of urea groups is 1. The van der Waals surface area contributed by atoms with E-state index in [0.717, 1.165) is 6.07 Å². The molecule has 114 valence electrons. The van der Waals surface area contributed by atoms with Gasteiger partial charge in [-0.3, -0.25) is 4.79 Å². The number of hydrogen-bond donors (Lipinski definition) is 3. The predicted octanol–water partition coefficient (Wildman–Crippen LogP) is 1.90. The lowest BCUT2D eigenvalue weighted by molar-refractivity contribution is -0.127. The molecule has 0 aliphatic rings. The summed E-state index contributed by atoms with van der Waals surface area (Å²) in [6.45, 7) is -0.230. The highest BCUT2D eigenvalue weighted by molar-refractivity contribution is 6.37. The van der Waals surface area contributed by atoms with Gasteiger partial charge in [-0.25, -0.2) is 9.59 Å². The van der Waals surface area contributed by atoms with Gasteiger partial charge in [0, 0.05) is 19.1 Å². The van der Waals surface area contributed by atoms with Crippen LogP contribution in [-0.4, -0.2) is 48.6 Å². The average molecular weight is 334 g/mol. The fourth-order valence-corrected chi connectivity index (χ4v) is 1.88. The van der Waals surface area contributed by atoms with Gasteiger partial charge < -0.3 is 20.6 Å². The summed E-state index contributed by atoms with van der Waals surface area (Å²) in [5.41, 5.74) is -0.343. The molecule has 0 spiro atoms. The molecule has 0 aliphatic heterocycles. The first-order chi connectivity index (χ1) is 9.72. The molecule has 0 saturated heterocycles. The molecular formula is C12H13Cl2N3O4. The molecule has 21 heavy (non-hydrogen) atoms. The van der Waals surface area contributed by atoms with E-state index >= 15 is 0 Å². The van der Waals surface area contributed by atoms with Gasteiger partial charge >= 0.3 is 12.0 Å². The summed E-state index contributed by atoms with van der Waals surface area (Å²) in [4.78, 5) is 35.4. The molecule has 0 bridgehead atoms. The fourth-order valence-electron chi connectivity index (χ4n) is 1.34. The third kappa shape index (κ3) is 4.80. The van der Waals surface area contributed by atoms with Crippen molar-refractivity contribution in [3.63, 3.8) is 0 Å². The van der Waals surface area contributed by atoms with Crippen LogP contribution < -0.4 is 10.6 Å². The Kier molecular flexibility index (Phi) is 5.80. The minimum atomic E-state index is -1.29. The Hall–Kier alpha value is -1.99. The van der Waals surface area contributed by atoms with E-state index in [1.807, 2.05) is 0 Å². The van der Waals surface area contributed by atoms with Crippen LogP contribution in [0.25, 0.3) is 0 Å². The van der Waals surface area contributed by atoms with E-state index in [1.54, 1.807) is 14.1 Å². The number of aromatic carboxylic acids is 1. The summed E-state index contributed by atoms with van der Waals surface area (Å²) in [7, 11) is 3.08. The normalized spacial score (nSPS) is 9.90. The number of rotatable bonds is 4. The molecule has 0 heterocycles. The van der Waals surface area contributed by atoms with E-state index in [9.17, 15) is 14.4 Å². The van der Waals surface area contributed by atoms with Gasteiger partial charge in [0.2, 0.25) is 5.91 Å². The maximum absolute atomic E-state index is 11.7. The van der Waals surface area contributed by atoms with E-state index < -0.39 is 12.0 Å². The predicted molar refractivity (Wildman–Crippen MR) is 79.1 cm³/mol. The molecule has 1 rings (SSSR count). The second kappa shape index (κ2) is 7.14. The Balaban J connectivity index is 2.85. The molecule has 0 fully saturated rings. The van der Waals surface area contributed by atoms with Crippen molar-refractivity contribution in [1.29, 1.82) is 0 Å². The van der Waals surface area contributed by atoms with E-state index in [-0.39, 0.29) is 33.7 Å². The zero-order valence-corrected chi connectivity index (χ0v) is 12.7. The van der Waals surface area contributed by atoms with Crippen molar-refractivity contribution >= 4 is 46.8 Å². The van der Waals surface area contributed by atoms with Crippen molar-refractivity contribution in [2.75, 3.05) is 26.0 Å². The minimum absolute atomic E-state index is 0.0195. The van der Waals surface area contributed by atoms with Crippen LogP contribution in [0.3, 0.4) is 0 Å². The lowest BCUT2D eigenvalue weighted by atomic mass is 10.2. The number of carbonyl (C=O) groups excluding carboxylic acids is 2. The van der Waals surface area contributed by atoms with Gasteiger partial charge in [0.15, 0.2) is 0 Å². The number of amides is 3. The van der Waals surface area contributed by atoms with E-state index in [4.69, 9.17) is 28.3 Å². The largest absolute Gasteiger partial charge is 0.478 e. The molecule has 0 aliphatic carbocycles. The molecule has 3 amide bonds. The van der Waals surface area contributed by atoms with Crippen molar-refractivity contribution in [2.24, 2.45) is 0 Å². The van der Waals surface area contributed by atoms with Crippen LogP contribution in [0.2, 0.25) is 10.0 Å². The number of nitrogens with zero attached hydrogens (tertiary/aromatic N) is 1. The number of likely N-dealkylation sites (N-methyl/N-ethyl adjacent to an activating group) is 1. The first kappa shape index (κ1) is 17.1. The average Bonchev–Trinajstić information content (AvgIpc) is 2.38. The summed E-state index contributed by atoms with van der Waals surface area (Å²) in [5, 5.41) is 13.8. The highest BCUT2D eigenvalue weighted by atomic mass is 35.5. The van der Waals surface area contributed by atoms with Crippen molar-refractivity contribution in [1.82, 2.24) is 10.2 Å². The molecule has 0 unspecified atom stereocenters. The molecule has 1 aromatic carbocycles. The molecule has 3 N–H and O–H groups in total. The zero-order valence-electron chi connectivity index (χ0n) is 11.2.